The van der Waals surface area contributed by atoms with Crippen molar-refractivity contribution in [1.82, 2.24) is 25.2 Å². The van der Waals surface area contributed by atoms with Gasteiger partial charge in [0, 0.05) is 49.2 Å². The monoisotopic (exact) mass is 698 g/mol. The second-order valence-electron chi connectivity index (χ2n) is 15.9. The first-order valence-electron chi connectivity index (χ1n) is 18.4. The van der Waals surface area contributed by atoms with Crippen LogP contribution >= 0.6 is 0 Å². The number of nitrogens with one attached hydrogen (secondary N) is 1. The number of pyridine rings is 1. The Kier molecular flexibility index (Phi) is 7.23. The van der Waals surface area contributed by atoms with Gasteiger partial charge >= 0.3 is 6.01 Å². The molecule has 2 aliphatic carbocycles. The Morgan fingerprint density at radius 2 is 1.88 bits per heavy atom. The van der Waals surface area contributed by atoms with Crippen LogP contribution in [-0.4, -0.2) is 82.5 Å². The summed E-state index contributed by atoms with van der Waals surface area (Å²) in [6.45, 7) is 6.13. The number of phenolic OH excluding ortho intramolecular Hbond substituents is 1. The summed E-state index contributed by atoms with van der Waals surface area (Å²) in [5.74, 6) is 0.612. The number of piperazine rings is 1. The van der Waals surface area contributed by atoms with Crippen LogP contribution in [0.4, 0.5) is 19.0 Å². The molecule has 2 aromatic heterocycles. The predicted octanol–water partition coefficient (Wildman–Crippen LogP) is 6.45. The van der Waals surface area contributed by atoms with E-state index in [-0.39, 0.29) is 58.0 Å². The number of anilines is 1. The van der Waals surface area contributed by atoms with Gasteiger partial charge in [-0.2, -0.15) is 9.97 Å². The Labute approximate surface area is 293 Å². The third kappa shape index (κ3) is 5.15. The van der Waals surface area contributed by atoms with Crippen LogP contribution in [0.15, 0.2) is 36.2 Å². The zero-order chi connectivity index (χ0) is 34.6. The third-order valence-electron chi connectivity index (χ3n) is 12.6. The summed E-state index contributed by atoms with van der Waals surface area (Å²) in [5, 5.41) is 15.9. The highest BCUT2D eigenvalue weighted by Gasteiger charge is 2.49. The van der Waals surface area contributed by atoms with Gasteiger partial charge in [-0.15, -0.1) is 0 Å². The molecule has 2 bridgehead atoms. The molecule has 5 atom stereocenters. The Morgan fingerprint density at radius 3 is 2.65 bits per heavy atom. The van der Waals surface area contributed by atoms with Gasteiger partial charge in [0.05, 0.1) is 19.0 Å². The number of benzene rings is 2. The molecule has 2 aromatic carbocycles. The minimum absolute atomic E-state index is 0.0291. The van der Waals surface area contributed by atoms with Crippen LogP contribution in [0.25, 0.3) is 32.9 Å². The minimum Gasteiger partial charge on any atom is -0.508 e. The maximum Gasteiger partial charge on any atom is 0.319 e. The first-order chi connectivity index (χ1) is 24.8. The SMILES string of the molecule is CCc1c(F)ccc2cc(O)cc(-c3nc4c5c(nc(OCC6(CN7CC8CC(=CF)CC8C7)CC6)nc5c3F)N3C[C@H]5CC[C@@H](N5)[C@H]3CO4)c12. The van der Waals surface area contributed by atoms with Crippen LogP contribution in [0.5, 0.6) is 17.6 Å². The summed E-state index contributed by atoms with van der Waals surface area (Å²) < 4.78 is 58.4. The molecular weight excluding hydrogens is 657 g/mol. The number of aryl methyl sites for hydroxylation is 1. The van der Waals surface area contributed by atoms with E-state index < -0.39 is 11.6 Å². The van der Waals surface area contributed by atoms with Gasteiger partial charge in [0.25, 0.3) is 0 Å². The molecule has 0 spiro atoms. The van der Waals surface area contributed by atoms with Crippen LogP contribution in [-0.2, 0) is 6.42 Å². The summed E-state index contributed by atoms with van der Waals surface area (Å²) in [6, 6.07) is 6.47. The summed E-state index contributed by atoms with van der Waals surface area (Å²) in [5.41, 5.74) is 1.55. The maximum atomic E-state index is 17.2. The highest BCUT2D eigenvalue weighted by atomic mass is 19.1. The van der Waals surface area contributed by atoms with E-state index in [0.29, 0.717) is 65.6 Å². The van der Waals surface area contributed by atoms with E-state index in [9.17, 15) is 9.50 Å². The first-order valence-corrected chi connectivity index (χ1v) is 18.4. The van der Waals surface area contributed by atoms with Crippen molar-refractivity contribution in [3.05, 3.63) is 53.4 Å². The van der Waals surface area contributed by atoms with E-state index in [1.807, 2.05) is 6.92 Å². The number of aromatic nitrogens is 3. The number of likely N-dealkylation sites (tertiary alicyclic amines) is 1. The molecule has 51 heavy (non-hydrogen) atoms. The predicted molar refractivity (Wildman–Crippen MR) is 187 cm³/mol. The van der Waals surface area contributed by atoms with Gasteiger partial charge in [-0.05, 0) is 96.9 Å². The van der Waals surface area contributed by atoms with Gasteiger partial charge in [0.15, 0.2) is 5.82 Å². The van der Waals surface area contributed by atoms with Gasteiger partial charge < -0.3 is 29.7 Å². The molecule has 266 valence electrons. The zero-order valence-electron chi connectivity index (χ0n) is 28.6. The van der Waals surface area contributed by atoms with Crippen LogP contribution < -0.4 is 19.7 Å². The Hall–Kier alpha value is -4.16. The normalized spacial score (nSPS) is 27.4. The molecule has 2 unspecified atom stereocenters. The van der Waals surface area contributed by atoms with Crippen LogP contribution in [0.3, 0.4) is 0 Å². The molecule has 0 radical (unpaired) electrons. The largest absolute Gasteiger partial charge is 0.508 e. The number of allylic oxidation sites excluding steroid dienone is 1. The molecule has 5 fully saturated rings. The lowest BCUT2D eigenvalue weighted by molar-refractivity contribution is 0.165. The molecular formula is C39H41F3N6O3. The quantitative estimate of drug-likeness (QED) is 0.226. The minimum atomic E-state index is -0.702. The number of halogens is 3. The number of rotatable bonds is 7. The van der Waals surface area contributed by atoms with Crippen molar-refractivity contribution in [1.29, 1.82) is 0 Å². The molecule has 0 amide bonds. The molecule has 6 heterocycles. The number of hydrogen-bond donors (Lipinski definition) is 2. The number of ether oxygens (including phenoxy) is 2. The standard InChI is InChI=1S/C39H41F3N6O3/c1-2-26-28(41)5-3-21-11-25(49)12-27(31(21)26)34-33(42)35-32-36(48-16-24-4-6-29(43-24)30(48)17-50-37(32)44-34)46-38(45-35)51-19-39(7-8-39)18-47-14-22-9-20(13-40)10-23(22)15-47/h3,5,11-13,22-24,29-30,43,49H,2,4,6-10,14-19H2,1H3/t22?,23?,24-,29-,30-/m1/s1. The number of nitrogens with zero attached hydrogens (tertiary/aromatic N) is 5. The smallest absolute Gasteiger partial charge is 0.319 e. The number of phenols is 1. The first kappa shape index (κ1) is 31.6. The van der Waals surface area contributed by atoms with Crippen molar-refractivity contribution < 1.29 is 27.8 Å². The van der Waals surface area contributed by atoms with Crippen molar-refractivity contribution in [3.8, 4) is 28.9 Å². The fourth-order valence-electron chi connectivity index (χ4n) is 9.88. The summed E-state index contributed by atoms with van der Waals surface area (Å²) >= 11 is 0. The van der Waals surface area contributed by atoms with Gasteiger partial charge in [-0.25, -0.2) is 18.2 Å². The molecule has 3 saturated heterocycles. The lowest BCUT2D eigenvalue weighted by Crippen LogP contribution is -2.60. The highest BCUT2D eigenvalue weighted by Crippen LogP contribution is 2.50. The molecule has 6 aliphatic rings. The van der Waals surface area contributed by atoms with Crippen molar-refractivity contribution in [2.45, 2.75) is 70.0 Å². The average Bonchev–Trinajstić information content (AvgIpc) is 3.45. The average molecular weight is 699 g/mol. The van der Waals surface area contributed by atoms with E-state index >= 15 is 8.78 Å². The maximum absolute atomic E-state index is 17.2. The Bertz CT molecular complexity index is 2110. The molecule has 10 rings (SSSR count). The van der Waals surface area contributed by atoms with Crippen LogP contribution in [0.2, 0.25) is 0 Å². The zero-order valence-corrected chi connectivity index (χ0v) is 28.6. The lowest BCUT2D eigenvalue weighted by Gasteiger charge is -2.40. The van der Waals surface area contributed by atoms with E-state index in [2.05, 4.69) is 15.1 Å². The number of aromatic hydroxyl groups is 1. The van der Waals surface area contributed by atoms with Crippen LogP contribution in [0, 0.1) is 28.9 Å². The Balaban J connectivity index is 1.05. The lowest BCUT2D eigenvalue weighted by atomic mass is 9.94. The third-order valence-corrected chi connectivity index (χ3v) is 12.6. The topological polar surface area (TPSA) is 95.9 Å². The van der Waals surface area contributed by atoms with E-state index in [1.165, 1.54) is 12.1 Å². The molecule has 12 heteroatoms. The van der Waals surface area contributed by atoms with Crippen molar-refractivity contribution in [2.24, 2.45) is 17.3 Å². The molecule has 4 aliphatic heterocycles. The van der Waals surface area contributed by atoms with Crippen molar-refractivity contribution in [3.63, 3.8) is 0 Å². The van der Waals surface area contributed by atoms with Gasteiger partial charge in [-0.1, -0.05) is 13.0 Å². The van der Waals surface area contributed by atoms with Crippen molar-refractivity contribution in [2.75, 3.05) is 44.3 Å². The van der Waals surface area contributed by atoms with E-state index in [0.717, 1.165) is 70.1 Å². The summed E-state index contributed by atoms with van der Waals surface area (Å²) in [4.78, 5) is 19.2. The second-order valence-corrected chi connectivity index (χ2v) is 15.9. The fourth-order valence-corrected chi connectivity index (χ4v) is 9.88. The second kappa shape index (κ2) is 11.7. The highest BCUT2D eigenvalue weighted by molar-refractivity contribution is 6.03. The van der Waals surface area contributed by atoms with Gasteiger partial charge in [0.2, 0.25) is 5.88 Å². The van der Waals surface area contributed by atoms with Crippen LogP contribution in [0.1, 0.15) is 51.0 Å². The van der Waals surface area contributed by atoms with E-state index in [4.69, 9.17) is 24.4 Å². The van der Waals surface area contributed by atoms with Crippen molar-refractivity contribution >= 4 is 27.5 Å². The van der Waals surface area contributed by atoms with Gasteiger partial charge in [-0.3, -0.25) is 0 Å². The van der Waals surface area contributed by atoms with E-state index in [1.54, 1.807) is 12.1 Å². The molecule has 9 nitrogen and oxygen atoms in total. The Morgan fingerprint density at radius 1 is 1.06 bits per heavy atom. The van der Waals surface area contributed by atoms with Gasteiger partial charge in [0.1, 0.15) is 40.6 Å². The summed E-state index contributed by atoms with van der Waals surface area (Å²) in [7, 11) is 0. The molecule has 2 N–H and O–H groups in total. The fraction of sp³-hybridized carbons (Fsp3) is 0.513. The number of hydrogen-bond acceptors (Lipinski definition) is 9. The summed E-state index contributed by atoms with van der Waals surface area (Å²) in [6.07, 6.45) is 6.97. The number of fused-ring (bicyclic) bond motifs is 7. The molecule has 4 aromatic rings. The molecule has 2 saturated carbocycles.